The number of amides is 1. The number of nitrogens with zero attached hydrogens (tertiary/aromatic N) is 7. The minimum absolute atomic E-state index is 0.313. The Labute approximate surface area is 219 Å². The first kappa shape index (κ1) is 22.8. The third-order valence-corrected chi connectivity index (χ3v) is 7.48. The van der Waals surface area contributed by atoms with Gasteiger partial charge >= 0.3 is 6.09 Å². The zero-order valence-electron chi connectivity index (χ0n) is 21.5. The lowest BCUT2D eigenvalue weighted by Crippen LogP contribution is -2.41. The Morgan fingerprint density at radius 2 is 1.89 bits per heavy atom. The molecule has 0 saturated heterocycles. The van der Waals surface area contributed by atoms with Gasteiger partial charge in [-0.05, 0) is 63.3 Å². The molecule has 10 nitrogen and oxygen atoms in total. The fourth-order valence-electron chi connectivity index (χ4n) is 5.24. The van der Waals surface area contributed by atoms with Gasteiger partial charge in [0.05, 0.1) is 36.3 Å². The van der Waals surface area contributed by atoms with Crippen LogP contribution in [0.25, 0.3) is 17.1 Å². The Morgan fingerprint density at radius 3 is 2.55 bits per heavy atom. The average molecular weight is 510 g/mol. The van der Waals surface area contributed by atoms with Crippen molar-refractivity contribution in [2.45, 2.75) is 57.6 Å². The summed E-state index contributed by atoms with van der Waals surface area (Å²) in [6.45, 7) is 4.32. The number of carbonyl (C=O) groups is 1. The van der Waals surface area contributed by atoms with Crippen LogP contribution in [-0.4, -0.2) is 42.9 Å². The monoisotopic (exact) mass is 509 g/mol. The number of hydrogen-bond acceptors (Lipinski definition) is 8. The maximum atomic E-state index is 13.3. The standard InChI is InChI=1S/C28H27N7O3/c1-16-12-17(2)35(33-16)20-8-4-18(5-9-20)14-34-25-21(28(10-11-28)38-27(34)36)13-29-24(32-25)22-23(19-6-7-19)30-15-31-26(22)37-3/h4-5,8-9,12-13,15,19H,6-7,10-11,14H2,1-3H3. The molecular weight excluding hydrogens is 482 g/mol. The van der Waals surface area contributed by atoms with Crippen molar-refractivity contribution in [3.63, 3.8) is 0 Å². The number of aromatic nitrogens is 6. The van der Waals surface area contributed by atoms with Gasteiger partial charge in [-0.3, -0.25) is 4.90 Å². The lowest BCUT2D eigenvalue weighted by Gasteiger charge is -2.33. The quantitative estimate of drug-likeness (QED) is 0.366. The number of aryl methyl sites for hydroxylation is 2. The van der Waals surface area contributed by atoms with Crippen molar-refractivity contribution in [2.24, 2.45) is 0 Å². The molecule has 1 spiro atoms. The van der Waals surface area contributed by atoms with E-state index >= 15 is 0 Å². The molecule has 2 fully saturated rings. The molecule has 10 heteroatoms. The van der Waals surface area contributed by atoms with Crippen molar-refractivity contribution in [1.29, 1.82) is 0 Å². The summed E-state index contributed by atoms with van der Waals surface area (Å²) < 4.78 is 13.4. The van der Waals surface area contributed by atoms with E-state index in [0.717, 1.165) is 59.6 Å². The maximum absolute atomic E-state index is 13.3. The predicted octanol–water partition coefficient (Wildman–Crippen LogP) is 4.77. The van der Waals surface area contributed by atoms with Gasteiger partial charge in [-0.2, -0.15) is 5.10 Å². The van der Waals surface area contributed by atoms with Crippen molar-refractivity contribution < 1.29 is 14.3 Å². The van der Waals surface area contributed by atoms with E-state index in [1.165, 1.54) is 6.33 Å². The van der Waals surface area contributed by atoms with E-state index in [4.69, 9.17) is 19.4 Å². The van der Waals surface area contributed by atoms with Crippen molar-refractivity contribution in [3.05, 3.63) is 71.1 Å². The molecule has 4 heterocycles. The second-order valence-electron chi connectivity index (χ2n) is 10.3. The number of ether oxygens (including phenoxy) is 2. The predicted molar refractivity (Wildman–Crippen MR) is 138 cm³/mol. The second kappa shape index (κ2) is 8.34. The van der Waals surface area contributed by atoms with Crippen LogP contribution in [0.1, 0.15) is 59.8 Å². The molecule has 0 unspecified atom stereocenters. The van der Waals surface area contributed by atoms with Gasteiger partial charge < -0.3 is 9.47 Å². The SMILES string of the molecule is COc1ncnc(C2CC2)c1-c1ncc2c(n1)N(Cc1ccc(-n3nc(C)cc3C)cc1)C(=O)OC21CC1. The summed E-state index contributed by atoms with van der Waals surface area (Å²) in [6, 6.07) is 10.1. The summed E-state index contributed by atoms with van der Waals surface area (Å²) in [5.41, 5.74) is 5.74. The summed E-state index contributed by atoms with van der Waals surface area (Å²) in [5.74, 6) is 1.81. The summed E-state index contributed by atoms with van der Waals surface area (Å²) >= 11 is 0. The molecule has 3 aliphatic rings. The first-order valence-corrected chi connectivity index (χ1v) is 12.9. The van der Waals surface area contributed by atoms with Crippen LogP contribution in [0, 0.1) is 13.8 Å². The number of rotatable bonds is 6. The molecule has 38 heavy (non-hydrogen) atoms. The summed E-state index contributed by atoms with van der Waals surface area (Å²) in [6.07, 6.45) is 6.57. The molecule has 0 radical (unpaired) electrons. The van der Waals surface area contributed by atoms with E-state index in [1.54, 1.807) is 18.2 Å². The number of hydrogen-bond donors (Lipinski definition) is 0. The minimum atomic E-state index is -0.628. The van der Waals surface area contributed by atoms with Crippen LogP contribution in [0.4, 0.5) is 10.6 Å². The molecule has 7 rings (SSSR count). The molecule has 0 bridgehead atoms. The number of carbonyl (C=O) groups excluding carboxylic acids is 1. The van der Waals surface area contributed by atoms with Crippen molar-refractivity contribution in [3.8, 4) is 23.0 Å². The Bertz CT molecular complexity index is 1570. The topological polar surface area (TPSA) is 108 Å². The van der Waals surface area contributed by atoms with Crippen molar-refractivity contribution >= 4 is 11.9 Å². The van der Waals surface area contributed by atoms with Crippen LogP contribution < -0.4 is 9.64 Å². The zero-order chi connectivity index (χ0) is 26.0. The number of benzene rings is 1. The summed E-state index contributed by atoms with van der Waals surface area (Å²) in [5, 5.41) is 4.56. The normalized spacial score (nSPS) is 17.3. The van der Waals surface area contributed by atoms with Crippen LogP contribution in [0.3, 0.4) is 0 Å². The molecule has 4 aromatic rings. The van der Waals surface area contributed by atoms with E-state index in [2.05, 4.69) is 15.1 Å². The van der Waals surface area contributed by atoms with Gasteiger partial charge in [0.1, 0.15) is 23.3 Å². The molecule has 0 atom stereocenters. The average Bonchev–Trinajstić information content (AvgIpc) is 3.86. The van der Waals surface area contributed by atoms with E-state index < -0.39 is 11.7 Å². The highest BCUT2D eigenvalue weighted by atomic mass is 16.6. The third kappa shape index (κ3) is 3.70. The van der Waals surface area contributed by atoms with Gasteiger partial charge in [-0.15, -0.1) is 0 Å². The minimum Gasteiger partial charge on any atom is -0.480 e. The molecule has 2 aliphatic carbocycles. The van der Waals surface area contributed by atoms with Crippen molar-refractivity contribution in [2.75, 3.05) is 12.0 Å². The Balaban J connectivity index is 1.27. The molecular formula is C28H27N7O3. The number of anilines is 1. The molecule has 2 saturated carbocycles. The smallest absolute Gasteiger partial charge is 0.416 e. The molecule has 1 amide bonds. The van der Waals surface area contributed by atoms with Crippen LogP contribution in [0.15, 0.2) is 42.9 Å². The number of methoxy groups -OCH3 is 1. The van der Waals surface area contributed by atoms with Gasteiger partial charge in [-0.1, -0.05) is 12.1 Å². The Hall–Kier alpha value is -4.34. The van der Waals surface area contributed by atoms with Gasteiger partial charge in [0.25, 0.3) is 0 Å². The van der Waals surface area contributed by atoms with Gasteiger partial charge in [0.2, 0.25) is 5.88 Å². The van der Waals surface area contributed by atoms with Crippen LogP contribution >= 0.6 is 0 Å². The summed E-state index contributed by atoms with van der Waals surface area (Å²) in [4.78, 5) is 33.4. The fraction of sp³-hybridized carbons (Fsp3) is 0.357. The van der Waals surface area contributed by atoms with Crippen LogP contribution in [-0.2, 0) is 16.9 Å². The first-order chi connectivity index (χ1) is 18.5. The highest BCUT2D eigenvalue weighted by molar-refractivity contribution is 5.91. The zero-order valence-corrected chi connectivity index (χ0v) is 21.5. The number of fused-ring (bicyclic) bond motifs is 2. The van der Waals surface area contributed by atoms with Crippen LogP contribution in [0.2, 0.25) is 0 Å². The van der Waals surface area contributed by atoms with Gasteiger partial charge in [0.15, 0.2) is 5.82 Å². The van der Waals surface area contributed by atoms with Gasteiger partial charge in [-0.25, -0.2) is 29.4 Å². The summed E-state index contributed by atoms with van der Waals surface area (Å²) in [7, 11) is 1.58. The Kier molecular flexibility index (Phi) is 5.01. The lowest BCUT2D eigenvalue weighted by molar-refractivity contribution is 0.0797. The van der Waals surface area contributed by atoms with Crippen LogP contribution in [0.5, 0.6) is 5.88 Å². The highest BCUT2D eigenvalue weighted by Gasteiger charge is 2.55. The fourth-order valence-corrected chi connectivity index (χ4v) is 5.24. The second-order valence-corrected chi connectivity index (χ2v) is 10.3. The molecule has 1 aromatic carbocycles. The molecule has 0 N–H and O–H groups in total. The maximum Gasteiger partial charge on any atom is 0.416 e. The van der Waals surface area contributed by atoms with E-state index in [9.17, 15) is 4.79 Å². The molecule has 3 aromatic heterocycles. The molecule has 192 valence electrons. The van der Waals surface area contributed by atoms with E-state index in [-0.39, 0.29) is 0 Å². The van der Waals surface area contributed by atoms with Crippen molar-refractivity contribution in [1.82, 2.24) is 29.7 Å². The third-order valence-electron chi connectivity index (χ3n) is 7.48. The molecule has 1 aliphatic heterocycles. The highest BCUT2D eigenvalue weighted by Crippen LogP contribution is 2.55. The van der Waals surface area contributed by atoms with Gasteiger partial charge in [0, 0.05) is 17.8 Å². The van der Waals surface area contributed by atoms with E-state index in [0.29, 0.717) is 35.5 Å². The largest absolute Gasteiger partial charge is 0.480 e. The first-order valence-electron chi connectivity index (χ1n) is 12.9. The Morgan fingerprint density at radius 1 is 1.11 bits per heavy atom. The lowest BCUT2D eigenvalue weighted by atomic mass is 10.1. The van der Waals surface area contributed by atoms with E-state index in [1.807, 2.05) is 48.9 Å².